The summed E-state index contributed by atoms with van der Waals surface area (Å²) in [6.45, 7) is 11.0. The third-order valence-corrected chi connectivity index (χ3v) is 12.1. The van der Waals surface area contributed by atoms with Crippen LogP contribution in [-0.2, 0) is 16.6 Å². The van der Waals surface area contributed by atoms with E-state index in [2.05, 4.69) is 44.7 Å². The molecule has 7 atom stereocenters. The van der Waals surface area contributed by atoms with Gasteiger partial charge in [-0.2, -0.15) is 0 Å². The standard InChI is InChI=1S/C30H43NO4/c1-26(2,3)27(4,32)21-16-28-11-12-30(21,34-6)25-29(28)13-14-31(17-18-7-8-18)22(28)15-19-9-10-20(33-5)24(35-25)23(19)29/h9-10,18,21-22,25,32H,7-8,11-17H2,1-6H3/t21-,22-,25-,27?,28+,29+,30+/m1/s1. The number of rotatable bonds is 5. The predicted octanol–water partition coefficient (Wildman–Crippen LogP) is 4.72. The van der Waals surface area contributed by atoms with Gasteiger partial charge in [-0.05, 0) is 81.4 Å². The number of fused-ring (bicyclic) bond motifs is 2. The van der Waals surface area contributed by atoms with E-state index in [1.807, 2.05) is 7.11 Å². The quantitative estimate of drug-likeness (QED) is 0.660. The molecule has 7 aliphatic rings. The summed E-state index contributed by atoms with van der Waals surface area (Å²) in [6, 6.07) is 4.93. The molecule has 5 heteroatoms. The van der Waals surface area contributed by atoms with Crippen molar-refractivity contribution in [1.82, 2.24) is 4.90 Å². The van der Waals surface area contributed by atoms with E-state index in [1.54, 1.807) is 7.11 Å². The predicted molar refractivity (Wildman–Crippen MR) is 135 cm³/mol. The van der Waals surface area contributed by atoms with Crippen LogP contribution < -0.4 is 9.47 Å². The van der Waals surface area contributed by atoms with Crippen LogP contribution in [0.2, 0.25) is 0 Å². The molecule has 2 aliphatic heterocycles. The SMILES string of the molecule is COc1ccc2c3c1O[C@H]1[C@]4(OC)CC[C@]5(C[C@@H]4C(C)(O)C(C)(C)C)[C@@H](C2)N(CC2CC2)CC[C@]315. The van der Waals surface area contributed by atoms with Gasteiger partial charge in [-0.25, -0.2) is 0 Å². The number of aliphatic hydroxyl groups is 1. The first-order valence-electron chi connectivity index (χ1n) is 13.9. The van der Waals surface area contributed by atoms with Gasteiger partial charge in [0.25, 0.3) is 0 Å². The molecule has 5 nitrogen and oxygen atoms in total. The van der Waals surface area contributed by atoms with Crippen molar-refractivity contribution >= 4 is 0 Å². The maximum Gasteiger partial charge on any atom is 0.165 e. The highest BCUT2D eigenvalue weighted by Gasteiger charge is 2.82. The fourth-order valence-electron chi connectivity index (χ4n) is 9.73. The van der Waals surface area contributed by atoms with Gasteiger partial charge in [-0.15, -0.1) is 0 Å². The molecule has 0 aromatic heterocycles. The van der Waals surface area contributed by atoms with E-state index in [0.29, 0.717) is 6.04 Å². The molecular formula is C30H43NO4. The minimum absolute atomic E-state index is 0.0112. The van der Waals surface area contributed by atoms with Gasteiger partial charge in [0.05, 0.1) is 12.7 Å². The first kappa shape index (κ1) is 22.9. The van der Waals surface area contributed by atoms with Crippen LogP contribution in [-0.4, -0.2) is 60.7 Å². The molecule has 192 valence electrons. The summed E-state index contributed by atoms with van der Waals surface area (Å²) >= 11 is 0. The Labute approximate surface area is 210 Å². The van der Waals surface area contributed by atoms with Gasteiger partial charge >= 0.3 is 0 Å². The summed E-state index contributed by atoms with van der Waals surface area (Å²) in [5, 5.41) is 12.3. The molecule has 8 rings (SSSR count). The van der Waals surface area contributed by atoms with Crippen LogP contribution in [0.5, 0.6) is 11.5 Å². The van der Waals surface area contributed by atoms with Crippen molar-refractivity contribution in [2.45, 2.75) is 101 Å². The van der Waals surface area contributed by atoms with Crippen molar-refractivity contribution in [3.63, 3.8) is 0 Å². The molecule has 1 N–H and O–H groups in total. The fourth-order valence-corrected chi connectivity index (χ4v) is 9.73. The number of methoxy groups -OCH3 is 2. The number of piperidine rings is 1. The third-order valence-electron chi connectivity index (χ3n) is 12.1. The maximum absolute atomic E-state index is 12.3. The Kier molecular flexibility index (Phi) is 4.42. The van der Waals surface area contributed by atoms with Gasteiger partial charge in [0.15, 0.2) is 11.5 Å². The van der Waals surface area contributed by atoms with Crippen LogP contribution in [0.3, 0.4) is 0 Å². The zero-order valence-corrected chi connectivity index (χ0v) is 22.4. The lowest BCUT2D eigenvalue weighted by atomic mass is 9.33. The molecule has 1 unspecified atom stereocenters. The van der Waals surface area contributed by atoms with Crippen molar-refractivity contribution in [1.29, 1.82) is 0 Å². The van der Waals surface area contributed by atoms with E-state index in [9.17, 15) is 5.11 Å². The Bertz CT molecular complexity index is 1070. The summed E-state index contributed by atoms with van der Waals surface area (Å²) < 4.78 is 19.6. The summed E-state index contributed by atoms with van der Waals surface area (Å²) in [7, 11) is 3.63. The van der Waals surface area contributed by atoms with Crippen LogP contribution in [0.15, 0.2) is 12.1 Å². The molecule has 5 aliphatic carbocycles. The highest BCUT2D eigenvalue weighted by molar-refractivity contribution is 5.63. The highest BCUT2D eigenvalue weighted by Crippen LogP contribution is 2.78. The lowest BCUT2D eigenvalue weighted by Crippen LogP contribution is -2.83. The van der Waals surface area contributed by atoms with Crippen LogP contribution in [0.25, 0.3) is 0 Å². The third kappa shape index (κ3) is 2.47. The van der Waals surface area contributed by atoms with Gasteiger partial charge in [0.1, 0.15) is 11.7 Å². The van der Waals surface area contributed by atoms with Crippen molar-refractivity contribution in [2.75, 3.05) is 27.3 Å². The fraction of sp³-hybridized carbons (Fsp3) is 0.800. The second-order valence-electron chi connectivity index (χ2n) is 14.0. The number of hydrogen-bond donors (Lipinski definition) is 1. The van der Waals surface area contributed by atoms with Crippen molar-refractivity contribution in [3.05, 3.63) is 23.3 Å². The van der Waals surface area contributed by atoms with E-state index in [1.165, 1.54) is 30.5 Å². The van der Waals surface area contributed by atoms with Crippen LogP contribution in [0.4, 0.5) is 0 Å². The minimum atomic E-state index is -0.879. The summed E-state index contributed by atoms with van der Waals surface area (Å²) in [5.41, 5.74) is 1.26. The van der Waals surface area contributed by atoms with E-state index in [4.69, 9.17) is 14.2 Å². The smallest absolute Gasteiger partial charge is 0.165 e. The topological polar surface area (TPSA) is 51.2 Å². The zero-order valence-electron chi connectivity index (χ0n) is 22.4. The zero-order chi connectivity index (χ0) is 24.6. The molecule has 1 saturated heterocycles. The average Bonchev–Trinajstić information content (AvgIpc) is 3.56. The largest absolute Gasteiger partial charge is 0.493 e. The monoisotopic (exact) mass is 481 g/mol. The minimum Gasteiger partial charge on any atom is -0.493 e. The molecule has 35 heavy (non-hydrogen) atoms. The molecule has 1 aromatic rings. The highest BCUT2D eigenvalue weighted by atomic mass is 16.6. The lowest BCUT2D eigenvalue weighted by Gasteiger charge is -2.75. The Morgan fingerprint density at radius 1 is 1.11 bits per heavy atom. The van der Waals surface area contributed by atoms with Crippen molar-refractivity contribution < 1.29 is 19.3 Å². The van der Waals surface area contributed by atoms with Gasteiger partial charge in [0.2, 0.25) is 0 Å². The number of likely N-dealkylation sites (tertiary alicyclic amines) is 1. The van der Waals surface area contributed by atoms with E-state index in [-0.39, 0.29) is 28.3 Å². The number of nitrogens with zero attached hydrogens (tertiary/aromatic N) is 1. The van der Waals surface area contributed by atoms with Gasteiger partial charge in [-0.1, -0.05) is 26.8 Å². The van der Waals surface area contributed by atoms with E-state index < -0.39 is 11.2 Å². The molecule has 2 spiro atoms. The molecule has 4 bridgehead atoms. The summed E-state index contributed by atoms with van der Waals surface area (Å²) in [6.07, 6.45) is 8.00. The molecule has 5 fully saturated rings. The second kappa shape index (κ2) is 6.76. The van der Waals surface area contributed by atoms with Crippen LogP contribution in [0, 0.1) is 22.7 Å². The Morgan fingerprint density at radius 3 is 2.54 bits per heavy atom. The van der Waals surface area contributed by atoms with E-state index >= 15 is 0 Å². The Hall–Kier alpha value is -1.30. The first-order valence-corrected chi connectivity index (χ1v) is 13.9. The van der Waals surface area contributed by atoms with Crippen molar-refractivity contribution in [3.8, 4) is 11.5 Å². The molecule has 2 heterocycles. The van der Waals surface area contributed by atoms with Gasteiger partial charge in [0, 0.05) is 42.0 Å². The molecule has 1 aromatic carbocycles. The number of hydrogen-bond acceptors (Lipinski definition) is 5. The average molecular weight is 482 g/mol. The van der Waals surface area contributed by atoms with Gasteiger partial charge < -0.3 is 19.3 Å². The first-order chi connectivity index (χ1) is 16.6. The van der Waals surface area contributed by atoms with Crippen molar-refractivity contribution in [2.24, 2.45) is 22.7 Å². The Balaban J connectivity index is 1.48. The lowest BCUT2D eigenvalue weighted by molar-refractivity contribution is -0.312. The molecule has 0 radical (unpaired) electrons. The van der Waals surface area contributed by atoms with Gasteiger partial charge in [-0.3, -0.25) is 4.90 Å². The maximum atomic E-state index is 12.3. The second-order valence-corrected chi connectivity index (χ2v) is 14.0. The van der Waals surface area contributed by atoms with E-state index in [0.717, 1.165) is 56.1 Å². The Morgan fingerprint density at radius 2 is 1.89 bits per heavy atom. The summed E-state index contributed by atoms with van der Waals surface area (Å²) in [4.78, 5) is 2.86. The number of benzene rings is 1. The number of ether oxygens (including phenoxy) is 3. The normalized spacial score (nSPS) is 42.9. The molecule has 4 saturated carbocycles. The molecule has 0 amide bonds. The molecular weight excluding hydrogens is 438 g/mol. The summed E-state index contributed by atoms with van der Waals surface area (Å²) in [5.74, 6) is 2.71. The van der Waals surface area contributed by atoms with Crippen LogP contribution >= 0.6 is 0 Å². The van der Waals surface area contributed by atoms with Crippen LogP contribution in [0.1, 0.15) is 77.3 Å².